The van der Waals surface area contributed by atoms with Crippen LogP contribution in [-0.2, 0) is 11.3 Å². The normalized spacial score (nSPS) is 18.7. The highest BCUT2D eigenvalue weighted by molar-refractivity contribution is 7.07. The number of carbonyl (C=O) groups excluding carboxylic acids is 1. The highest BCUT2D eigenvalue weighted by Gasteiger charge is 2.16. The topological polar surface area (TPSA) is 103 Å². The van der Waals surface area contributed by atoms with Gasteiger partial charge in [0.05, 0.1) is 34.3 Å². The molecule has 9 heteroatoms. The first-order valence-electron chi connectivity index (χ1n) is 8.19. The molecule has 26 heavy (non-hydrogen) atoms. The van der Waals surface area contributed by atoms with E-state index in [-0.39, 0.29) is 23.2 Å². The number of aromatic amines is 1. The average molecular weight is 372 g/mol. The van der Waals surface area contributed by atoms with Gasteiger partial charge in [-0.3, -0.25) is 9.59 Å². The fraction of sp³-hybridized carbons (Fsp3) is 0.294. The van der Waals surface area contributed by atoms with Gasteiger partial charge < -0.3 is 14.1 Å². The van der Waals surface area contributed by atoms with Crippen molar-refractivity contribution in [2.45, 2.75) is 25.5 Å². The molecule has 0 saturated carbocycles. The maximum atomic E-state index is 12.1. The summed E-state index contributed by atoms with van der Waals surface area (Å²) in [7, 11) is 0. The predicted octanol–water partition coefficient (Wildman–Crippen LogP) is 0.292. The van der Waals surface area contributed by atoms with Crippen LogP contribution in [0, 0.1) is 0 Å². The quantitative estimate of drug-likeness (QED) is 0.646. The van der Waals surface area contributed by atoms with Crippen LogP contribution in [0.2, 0.25) is 0 Å². The Kier molecular flexibility index (Phi) is 4.63. The number of ketones is 1. The van der Waals surface area contributed by atoms with Crippen molar-refractivity contribution in [1.82, 2.24) is 20.0 Å². The second-order valence-electron chi connectivity index (χ2n) is 5.92. The summed E-state index contributed by atoms with van der Waals surface area (Å²) in [6, 6.07) is 3.21. The van der Waals surface area contributed by atoms with Gasteiger partial charge in [-0.25, -0.2) is 4.68 Å². The third-order valence-electron chi connectivity index (χ3n) is 3.96. The van der Waals surface area contributed by atoms with Crippen LogP contribution in [-0.4, -0.2) is 38.5 Å². The number of nitrogens with zero attached hydrogens (tertiary/aromatic N) is 3. The van der Waals surface area contributed by atoms with Crippen LogP contribution in [0.25, 0.3) is 12.2 Å². The highest BCUT2D eigenvalue weighted by Crippen LogP contribution is 2.13. The molecule has 8 nitrogen and oxygen atoms in total. The average Bonchev–Trinajstić information content (AvgIpc) is 3.39. The number of ether oxygens (including phenoxy) is 1. The first-order chi connectivity index (χ1) is 12.7. The molecule has 134 valence electrons. The number of rotatable bonds is 5. The van der Waals surface area contributed by atoms with E-state index in [1.165, 1.54) is 23.7 Å². The Bertz CT molecular complexity index is 1070. The van der Waals surface area contributed by atoms with Crippen LogP contribution in [0.15, 0.2) is 33.8 Å². The largest absolute Gasteiger partial charge is 0.461 e. The molecule has 0 aliphatic carbocycles. The number of furan rings is 1. The van der Waals surface area contributed by atoms with Gasteiger partial charge in [-0.15, -0.1) is 16.4 Å². The number of nitrogens with one attached hydrogen (secondary N) is 1. The summed E-state index contributed by atoms with van der Waals surface area (Å²) in [5, 5.41) is 8.14. The number of hydrogen-bond donors (Lipinski definition) is 1. The molecule has 1 aliphatic rings. The van der Waals surface area contributed by atoms with Gasteiger partial charge in [0.2, 0.25) is 5.78 Å². The van der Waals surface area contributed by atoms with Crippen molar-refractivity contribution in [1.29, 1.82) is 0 Å². The van der Waals surface area contributed by atoms with Crippen molar-refractivity contribution in [3.63, 3.8) is 0 Å². The first-order valence-corrected chi connectivity index (χ1v) is 9.01. The van der Waals surface area contributed by atoms with Gasteiger partial charge in [-0.05, 0) is 31.1 Å². The van der Waals surface area contributed by atoms with Crippen LogP contribution in [0.1, 0.15) is 29.1 Å². The van der Waals surface area contributed by atoms with Crippen molar-refractivity contribution in [3.8, 4) is 0 Å². The summed E-state index contributed by atoms with van der Waals surface area (Å²) < 4.78 is 13.3. The zero-order valence-corrected chi connectivity index (χ0v) is 14.6. The van der Waals surface area contributed by atoms with E-state index in [2.05, 4.69) is 15.3 Å². The Labute approximate surface area is 151 Å². The van der Waals surface area contributed by atoms with E-state index in [1.54, 1.807) is 29.1 Å². The Balaban J connectivity index is 1.56. The highest BCUT2D eigenvalue weighted by atomic mass is 32.1. The second kappa shape index (κ2) is 7.22. The molecule has 4 rings (SSSR count). The Morgan fingerprint density at radius 3 is 3.19 bits per heavy atom. The van der Waals surface area contributed by atoms with E-state index in [4.69, 9.17) is 9.15 Å². The van der Waals surface area contributed by atoms with E-state index in [0.29, 0.717) is 21.4 Å². The predicted molar refractivity (Wildman–Crippen MR) is 94.3 cm³/mol. The molecule has 1 unspecified atom stereocenters. The summed E-state index contributed by atoms with van der Waals surface area (Å²) in [5.74, 6) is -0.0802. The molecule has 0 aromatic carbocycles. The monoisotopic (exact) mass is 372 g/mol. The minimum absolute atomic E-state index is 0.170. The lowest BCUT2D eigenvalue weighted by molar-refractivity contribution is 0.0935. The van der Waals surface area contributed by atoms with E-state index >= 15 is 0 Å². The number of carbonyl (C=O) groups is 1. The molecule has 0 spiro atoms. The maximum Gasteiger partial charge on any atom is 0.266 e. The maximum absolute atomic E-state index is 12.1. The molecule has 1 fully saturated rings. The molecule has 0 bridgehead atoms. The Morgan fingerprint density at radius 2 is 2.42 bits per heavy atom. The van der Waals surface area contributed by atoms with Gasteiger partial charge in [-0.2, -0.15) is 0 Å². The lowest BCUT2D eigenvalue weighted by Gasteiger charge is -2.07. The standard InChI is InChI=1S/C17H16N4O4S/c22-13(14-4-2-6-25-14)8-16-18-17(23)15(26-16)7-11-9-21(20-19-11)10-12-3-1-5-24-12/h2,4,6-9,12H,1,3,5,10H2,(H,18,23)/b15-7-,16-8-. The fourth-order valence-electron chi connectivity index (χ4n) is 2.73. The zero-order chi connectivity index (χ0) is 17.9. The number of Topliss-reactive ketones (excluding diaryl/α,β-unsaturated/α-hetero) is 1. The number of thiazole rings is 1. The van der Waals surface area contributed by atoms with Crippen LogP contribution < -0.4 is 14.8 Å². The molecule has 3 aromatic heterocycles. The van der Waals surface area contributed by atoms with Crippen LogP contribution >= 0.6 is 11.3 Å². The molecule has 1 N–H and O–H groups in total. The van der Waals surface area contributed by atoms with Crippen molar-refractivity contribution >= 4 is 29.3 Å². The van der Waals surface area contributed by atoms with Crippen molar-refractivity contribution < 1.29 is 13.9 Å². The smallest absolute Gasteiger partial charge is 0.266 e. The number of aromatic nitrogens is 4. The summed E-state index contributed by atoms with van der Waals surface area (Å²) in [6.45, 7) is 1.44. The van der Waals surface area contributed by atoms with Crippen molar-refractivity contribution in [2.75, 3.05) is 6.61 Å². The molecule has 1 aliphatic heterocycles. The van der Waals surface area contributed by atoms with E-state index in [1.807, 2.05) is 0 Å². The number of hydrogen-bond acceptors (Lipinski definition) is 7. The van der Waals surface area contributed by atoms with Gasteiger partial charge in [0.1, 0.15) is 5.69 Å². The van der Waals surface area contributed by atoms with Gasteiger partial charge >= 0.3 is 0 Å². The molecular formula is C17H16N4O4S. The third kappa shape index (κ3) is 3.73. The molecule has 1 saturated heterocycles. The molecule has 1 atom stereocenters. The SMILES string of the molecule is O=C(/C=c1/[nH]c(=O)/c(=C/c2cn(CC3CCCO3)nn2)s1)c1ccco1. The summed E-state index contributed by atoms with van der Waals surface area (Å²) in [6.07, 6.45) is 8.46. The number of H-pyrrole nitrogens is 1. The zero-order valence-electron chi connectivity index (χ0n) is 13.8. The van der Waals surface area contributed by atoms with E-state index < -0.39 is 0 Å². The van der Waals surface area contributed by atoms with Crippen molar-refractivity contribution in [3.05, 3.63) is 55.6 Å². The molecule has 3 aromatic rings. The van der Waals surface area contributed by atoms with Gasteiger partial charge in [0, 0.05) is 12.7 Å². The van der Waals surface area contributed by atoms with E-state index in [9.17, 15) is 9.59 Å². The minimum Gasteiger partial charge on any atom is -0.461 e. The Hall–Kier alpha value is -2.78. The molecular weight excluding hydrogens is 356 g/mol. The first kappa shape index (κ1) is 16.7. The van der Waals surface area contributed by atoms with Crippen molar-refractivity contribution in [2.24, 2.45) is 0 Å². The molecule has 4 heterocycles. The minimum atomic E-state index is -0.304. The van der Waals surface area contributed by atoms with Gasteiger partial charge in [0.25, 0.3) is 5.56 Å². The van der Waals surface area contributed by atoms with E-state index in [0.717, 1.165) is 19.4 Å². The molecule has 0 amide bonds. The van der Waals surface area contributed by atoms with Gasteiger partial charge in [-0.1, -0.05) is 5.21 Å². The fourth-order valence-corrected chi connectivity index (χ4v) is 3.60. The summed E-state index contributed by atoms with van der Waals surface area (Å²) >= 11 is 1.18. The Morgan fingerprint density at radius 1 is 1.50 bits per heavy atom. The second-order valence-corrected chi connectivity index (χ2v) is 7.00. The van der Waals surface area contributed by atoms with Crippen LogP contribution in [0.5, 0.6) is 0 Å². The molecule has 0 radical (unpaired) electrons. The van der Waals surface area contributed by atoms with Gasteiger partial charge in [0.15, 0.2) is 5.76 Å². The summed E-state index contributed by atoms with van der Waals surface area (Å²) in [4.78, 5) is 26.8. The van der Waals surface area contributed by atoms with Crippen LogP contribution in [0.3, 0.4) is 0 Å². The van der Waals surface area contributed by atoms with Crippen LogP contribution in [0.4, 0.5) is 0 Å². The third-order valence-corrected chi connectivity index (χ3v) is 4.92. The lowest BCUT2D eigenvalue weighted by atomic mass is 10.2. The summed E-state index contributed by atoms with van der Waals surface area (Å²) in [5.41, 5.74) is 0.307. The lowest BCUT2D eigenvalue weighted by Crippen LogP contribution is -2.20.